The number of hydrogen-bond donors (Lipinski definition) is 1. The van der Waals surface area contributed by atoms with E-state index in [1.54, 1.807) is 19.1 Å². The number of carbonyl (C=O) groups excluding carboxylic acids is 1. The van der Waals surface area contributed by atoms with E-state index in [1.807, 2.05) is 57.8 Å². The summed E-state index contributed by atoms with van der Waals surface area (Å²) in [6, 6.07) is 5.84. The number of aliphatic hydroxyl groups is 1. The van der Waals surface area contributed by atoms with Crippen LogP contribution >= 0.6 is 0 Å². The topological polar surface area (TPSA) is 107 Å². The fraction of sp³-hybridized carbons (Fsp3) is 0.167. The fourth-order valence-electron chi connectivity index (χ4n) is 3.20. The zero-order valence-electron chi connectivity index (χ0n) is 17.9. The Morgan fingerprint density at radius 3 is 2.12 bits per heavy atom. The van der Waals surface area contributed by atoms with Crippen molar-refractivity contribution in [3.8, 4) is 11.3 Å². The molecule has 2 aliphatic rings. The summed E-state index contributed by atoms with van der Waals surface area (Å²) in [6.07, 6.45) is 17.3. The van der Waals surface area contributed by atoms with E-state index in [9.17, 15) is 20.0 Å². The number of aliphatic hydroxyl groups excluding tert-OH is 1. The van der Waals surface area contributed by atoms with Crippen molar-refractivity contribution in [1.29, 1.82) is 0 Å². The summed E-state index contributed by atoms with van der Waals surface area (Å²) < 4.78 is 6.74. The Bertz CT molecular complexity index is 896. The Kier molecular flexibility index (Phi) is 11.0. The van der Waals surface area contributed by atoms with Gasteiger partial charge in [0.1, 0.15) is 5.56 Å². The Morgan fingerprint density at radius 2 is 1.64 bits per heavy atom. The summed E-state index contributed by atoms with van der Waals surface area (Å²) in [5.74, 6) is 0.212. The molecule has 0 atom stereocenters. The van der Waals surface area contributed by atoms with Gasteiger partial charge in [-0.2, -0.15) is 5.10 Å². The predicted molar refractivity (Wildman–Crippen MR) is 118 cm³/mol. The first-order valence-corrected chi connectivity index (χ1v) is 10.1. The van der Waals surface area contributed by atoms with E-state index in [4.69, 9.17) is 4.74 Å². The van der Waals surface area contributed by atoms with Crippen LogP contribution in [0.4, 0.5) is 5.69 Å². The number of hydrogen-bond acceptors (Lipinski definition) is 6. The van der Waals surface area contributed by atoms with Crippen molar-refractivity contribution in [3.05, 3.63) is 109 Å². The van der Waals surface area contributed by atoms with Gasteiger partial charge in [-0.3, -0.25) is 14.8 Å². The molecule has 10 radical (unpaired) electrons. The van der Waals surface area contributed by atoms with Crippen LogP contribution in [0, 0.1) is 73.8 Å². The molecule has 1 heterocycles. The number of nitro benzene ring substituents is 1. The van der Waals surface area contributed by atoms with E-state index in [1.165, 1.54) is 16.8 Å². The summed E-state index contributed by atoms with van der Waals surface area (Å²) in [7, 11) is 0. The van der Waals surface area contributed by atoms with Crippen LogP contribution in [-0.2, 0) is 28.4 Å². The molecule has 0 amide bonds. The summed E-state index contributed by atoms with van der Waals surface area (Å²) in [6.45, 7) is 1.90. The third-order valence-electron chi connectivity index (χ3n) is 4.59. The molecule has 2 aliphatic carbocycles. The number of aromatic nitrogens is 2. The van der Waals surface area contributed by atoms with Gasteiger partial charge in [-0.05, 0) is 76.8 Å². The zero-order chi connectivity index (χ0) is 22.9. The summed E-state index contributed by atoms with van der Waals surface area (Å²) in [5, 5.41) is 24.8. The molecule has 0 aliphatic heterocycles. The SMILES string of the molecule is CCOC(=O)c1c([C]2[CH][CH][CH][CH]2)nn(CCO)c1-c1ccc([N+](=O)[O-])cc1.[CH]1[CH][CH][CH][CH]1.[Fe+2]. The average molecular weight is 489 g/mol. The minimum absolute atomic E-state index is 0. The number of nitrogens with zero attached hydrogens (tertiary/aromatic N) is 3. The number of rotatable bonds is 7. The minimum Gasteiger partial charge on any atom is -0.462 e. The molecule has 0 unspecified atom stereocenters. The van der Waals surface area contributed by atoms with Gasteiger partial charge in [-0.1, -0.05) is 0 Å². The van der Waals surface area contributed by atoms with Crippen molar-refractivity contribution in [2.45, 2.75) is 13.5 Å². The molecule has 0 spiro atoms. The van der Waals surface area contributed by atoms with Crippen molar-refractivity contribution in [2.24, 2.45) is 0 Å². The fourth-order valence-corrected chi connectivity index (χ4v) is 3.20. The van der Waals surface area contributed by atoms with Gasteiger partial charge in [-0.25, -0.2) is 4.79 Å². The van der Waals surface area contributed by atoms with Gasteiger partial charge in [0.15, 0.2) is 0 Å². The van der Waals surface area contributed by atoms with E-state index in [0.717, 1.165) is 5.92 Å². The van der Waals surface area contributed by atoms with E-state index in [0.29, 0.717) is 17.0 Å². The molecule has 0 bridgehead atoms. The van der Waals surface area contributed by atoms with Crippen LogP contribution in [0.5, 0.6) is 0 Å². The molecule has 8 nitrogen and oxygen atoms in total. The standard InChI is InChI=1S/C19H18N3O5.C5H5.Fe/c1-2-27-19(24)16-17(13-5-3-4-6-13)20-21(11-12-23)18(16)14-7-9-15(10-8-14)22(25)26;1-2-4-5-3-1;/h3-10,23H,2,11-12H2,1H3;1-5H;/q;;+2. The normalized spacial score (nSPS) is 15.5. The summed E-state index contributed by atoms with van der Waals surface area (Å²) in [5.41, 5.74) is 1.68. The molecule has 1 N–H and O–H groups in total. The van der Waals surface area contributed by atoms with Gasteiger partial charge in [0, 0.05) is 23.6 Å². The van der Waals surface area contributed by atoms with Gasteiger partial charge in [0.25, 0.3) is 5.69 Å². The van der Waals surface area contributed by atoms with Crippen molar-refractivity contribution in [3.63, 3.8) is 0 Å². The molecule has 0 saturated heterocycles. The van der Waals surface area contributed by atoms with Crippen LogP contribution in [0.25, 0.3) is 11.3 Å². The Balaban J connectivity index is 0.000000568. The van der Waals surface area contributed by atoms with Gasteiger partial charge >= 0.3 is 23.0 Å². The van der Waals surface area contributed by atoms with E-state index < -0.39 is 10.9 Å². The number of esters is 1. The van der Waals surface area contributed by atoms with Crippen LogP contribution in [-0.4, -0.2) is 39.0 Å². The maximum absolute atomic E-state index is 12.7. The third kappa shape index (κ3) is 6.88. The summed E-state index contributed by atoms with van der Waals surface area (Å²) >= 11 is 0. The predicted octanol–water partition coefficient (Wildman–Crippen LogP) is 3.40. The number of non-ortho nitro benzene ring substituents is 1. The molecule has 2 fully saturated rings. The van der Waals surface area contributed by atoms with Crippen LogP contribution in [0.2, 0.25) is 0 Å². The van der Waals surface area contributed by atoms with Crippen molar-refractivity contribution < 1.29 is 36.6 Å². The number of ether oxygens (including phenoxy) is 1. The third-order valence-corrected chi connectivity index (χ3v) is 4.59. The zero-order valence-corrected chi connectivity index (χ0v) is 19.0. The van der Waals surface area contributed by atoms with E-state index >= 15 is 0 Å². The molecule has 2 saturated carbocycles. The quantitative estimate of drug-likeness (QED) is 0.277. The van der Waals surface area contributed by atoms with Gasteiger partial charge < -0.3 is 9.84 Å². The van der Waals surface area contributed by atoms with Crippen LogP contribution in [0.1, 0.15) is 23.0 Å². The molecule has 4 rings (SSSR count). The molecule has 170 valence electrons. The van der Waals surface area contributed by atoms with Crippen LogP contribution in [0.3, 0.4) is 0 Å². The maximum atomic E-state index is 12.7. The molecular weight excluding hydrogens is 466 g/mol. The number of nitro groups is 1. The molecule has 2 aromatic rings. The Hall–Kier alpha value is -2.22. The molecule has 1 aromatic carbocycles. The second-order valence-electron chi connectivity index (χ2n) is 6.68. The number of carbonyl (C=O) groups is 1. The molecule has 33 heavy (non-hydrogen) atoms. The first-order valence-electron chi connectivity index (χ1n) is 10.1. The first-order chi connectivity index (χ1) is 15.6. The van der Waals surface area contributed by atoms with Gasteiger partial charge in [0.05, 0.1) is 36.1 Å². The van der Waals surface area contributed by atoms with E-state index in [-0.39, 0.29) is 48.1 Å². The first kappa shape index (κ1) is 27.0. The van der Waals surface area contributed by atoms with Crippen molar-refractivity contribution in [2.75, 3.05) is 13.2 Å². The Morgan fingerprint density at radius 1 is 1.06 bits per heavy atom. The minimum atomic E-state index is -0.536. The monoisotopic (exact) mass is 489 g/mol. The summed E-state index contributed by atoms with van der Waals surface area (Å²) in [4.78, 5) is 23.1. The van der Waals surface area contributed by atoms with Gasteiger partial charge in [0.2, 0.25) is 0 Å². The van der Waals surface area contributed by atoms with Gasteiger partial charge in [-0.15, -0.1) is 0 Å². The molecule has 1 aromatic heterocycles. The number of benzene rings is 1. The Labute approximate surface area is 205 Å². The largest absolute Gasteiger partial charge is 2.00 e. The molecule has 9 heteroatoms. The van der Waals surface area contributed by atoms with Crippen LogP contribution < -0.4 is 0 Å². The second-order valence-corrected chi connectivity index (χ2v) is 6.68. The van der Waals surface area contributed by atoms with E-state index in [2.05, 4.69) is 5.10 Å². The maximum Gasteiger partial charge on any atom is 2.00 e. The molecular formula is C24H23FeN3O5+2. The van der Waals surface area contributed by atoms with Crippen LogP contribution in [0.15, 0.2) is 24.3 Å². The van der Waals surface area contributed by atoms with Crippen molar-refractivity contribution >= 4 is 11.7 Å². The average Bonchev–Trinajstić information content (AvgIpc) is 3.56. The second kappa shape index (κ2) is 13.5. The smallest absolute Gasteiger partial charge is 0.462 e. The van der Waals surface area contributed by atoms with Crippen molar-refractivity contribution in [1.82, 2.24) is 9.78 Å².